The number of rotatable bonds is 4. The van der Waals surface area contributed by atoms with Gasteiger partial charge in [0, 0.05) is 22.6 Å². The van der Waals surface area contributed by atoms with Crippen LogP contribution in [0, 0.1) is 11.3 Å². The van der Waals surface area contributed by atoms with Gasteiger partial charge >= 0.3 is 0 Å². The fourth-order valence-corrected chi connectivity index (χ4v) is 2.56. The van der Waals surface area contributed by atoms with Crippen molar-refractivity contribution in [2.75, 3.05) is 0 Å². The maximum atomic E-state index is 8.88. The Morgan fingerprint density at radius 1 is 1.20 bits per heavy atom. The molecule has 0 saturated carbocycles. The van der Waals surface area contributed by atoms with Gasteiger partial charge in [-0.05, 0) is 42.3 Å². The average Bonchev–Trinajstić information content (AvgIpc) is 2.45. The molecule has 0 aromatic heterocycles. The molecule has 0 aliphatic carbocycles. The molecule has 102 valence electrons. The second-order valence-corrected chi connectivity index (χ2v) is 5.42. The quantitative estimate of drug-likeness (QED) is 0.887. The highest BCUT2D eigenvalue weighted by atomic mass is 35.5. The van der Waals surface area contributed by atoms with Crippen LogP contribution >= 0.6 is 23.2 Å². The Morgan fingerprint density at radius 2 is 2.00 bits per heavy atom. The van der Waals surface area contributed by atoms with Crippen molar-refractivity contribution in [3.8, 4) is 6.07 Å². The number of nitriles is 1. The van der Waals surface area contributed by atoms with Gasteiger partial charge in [-0.15, -0.1) is 0 Å². The van der Waals surface area contributed by atoms with Crippen molar-refractivity contribution in [2.24, 2.45) is 0 Å². The third-order valence-electron chi connectivity index (χ3n) is 3.10. The molecule has 0 radical (unpaired) electrons. The fourth-order valence-electron chi connectivity index (χ4n) is 1.98. The molecular formula is C16H14Cl2N2. The van der Waals surface area contributed by atoms with E-state index in [1.54, 1.807) is 12.1 Å². The summed E-state index contributed by atoms with van der Waals surface area (Å²) in [7, 11) is 0. The van der Waals surface area contributed by atoms with E-state index in [0.717, 1.165) is 11.1 Å². The highest BCUT2D eigenvalue weighted by molar-refractivity contribution is 6.35. The fraction of sp³-hybridized carbons (Fsp3) is 0.188. The van der Waals surface area contributed by atoms with E-state index in [-0.39, 0.29) is 6.04 Å². The van der Waals surface area contributed by atoms with E-state index in [9.17, 15) is 0 Å². The molecule has 0 saturated heterocycles. The lowest BCUT2D eigenvalue weighted by atomic mass is 10.1. The van der Waals surface area contributed by atoms with E-state index in [4.69, 9.17) is 28.5 Å². The molecule has 1 atom stereocenters. The van der Waals surface area contributed by atoms with Crippen LogP contribution in [-0.2, 0) is 6.54 Å². The number of halogens is 2. The normalized spacial score (nSPS) is 11.9. The van der Waals surface area contributed by atoms with Crippen LogP contribution in [0.1, 0.15) is 29.7 Å². The molecule has 1 N–H and O–H groups in total. The molecule has 4 heteroatoms. The standard InChI is InChI=1S/C16H14Cl2N2/c1-11(15-6-5-14(17)8-16(15)18)20-10-13-4-2-3-12(7-13)9-19/h2-8,11,20H,10H2,1H3/t11-/m1/s1. The lowest BCUT2D eigenvalue weighted by Gasteiger charge is -2.16. The van der Waals surface area contributed by atoms with Gasteiger partial charge < -0.3 is 5.32 Å². The van der Waals surface area contributed by atoms with Gasteiger partial charge in [0.25, 0.3) is 0 Å². The van der Waals surface area contributed by atoms with Crippen LogP contribution < -0.4 is 5.32 Å². The third-order valence-corrected chi connectivity index (χ3v) is 3.66. The smallest absolute Gasteiger partial charge is 0.0991 e. The largest absolute Gasteiger partial charge is 0.306 e. The minimum absolute atomic E-state index is 0.102. The summed E-state index contributed by atoms with van der Waals surface area (Å²) in [6.45, 7) is 2.72. The highest BCUT2D eigenvalue weighted by Crippen LogP contribution is 2.26. The molecule has 2 nitrogen and oxygen atoms in total. The lowest BCUT2D eigenvalue weighted by Crippen LogP contribution is -2.18. The summed E-state index contributed by atoms with van der Waals surface area (Å²) in [6.07, 6.45) is 0. The average molecular weight is 305 g/mol. The maximum absolute atomic E-state index is 8.88. The zero-order valence-electron chi connectivity index (χ0n) is 11.0. The first-order chi connectivity index (χ1) is 9.60. The van der Waals surface area contributed by atoms with Crippen LogP contribution in [0.5, 0.6) is 0 Å². The number of nitrogens with one attached hydrogen (secondary N) is 1. The summed E-state index contributed by atoms with van der Waals surface area (Å²) in [6, 6.07) is 15.3. The molecule has 20 heavy (non-hydrogen) atoms. The van der Waals surface area contributed by atoms with Crippen molar-refractivity contribution >= 4 is 23.2 Å². The number of hydrogen-bond donors (Lipinski definition) is 1. The first-order valence-corrected chi connectivity index (χ1v) is 7.03. The maximum Gasteiger partial charge on any atom is 0.0991 e. The number of benzene rings is 2. The summed E-state index contributed by atoms with van der Waals surface area (Å²) in [5.74, 6) is 0. The van der Waals surface area contributed by atoms with Crippen LogP contribution in [0.15, 0.2) is 42.5 Å². The molecule has 0 fully saturated rings. The molecule has 0 unspecified atom stereocenters. The summed E-state index contributed by atoms with van der Waals surface area (Å²) in [4.78, 5) is 0. The van der Waals surface area contributed by atoms with Crippen molar-refractivity contribution in [3.63, 3.8) is 0 Å². The minimum atomic E-state index is 0.102. The Hall–Kier alpha value is -1.53. The van der Waals surface area contributed by atoms with E-state index in [1.165, 1.54) is 0 Å². The first-order valence-electron chi connectivity index (χ1n) is 6.27. The topological polar surface area (TPSA) is 35.8 Å². The van der Waals surface area contributed by atoms with Crippen LogP contribution in [0.2, 0.25) is 10.0 Å². The second kappa shape index (κ2) is 6.76. The van der Waals surface area contributed by atoms with E-state index in [2.05, 4.69) is 11.4 Å². The second-order valence-electron chi connectivity index (χ2n) is 4.58. The predicted octanol–water partition coefficient (Wildman–Crippen LogP) is 4.72. The van der Waals surface area contributed by atoms with E-state index in [1.807, 2.05) is 37.3 Å². The summed E-state index contributed by atoms with van der Waals surface area (Å²) in [5.41, 5.74) is 2.75. The number of hydrogen-bond acceptors (Lipinski definition) is 2. The van der Waals surface area contributed by atoms with Crippen LogP contribution in [0.25, 0.3) is 0 Å². The third kappa shape index (κ3) is 3.74. The Labute approximate surface area is 128 Å². The van der Waals surface area contributed by atoms with Crippen LogP contribution in [0.3, 0.4) is 0 Å². The SMILES string of the molecule is C[C@@H](NCc1cccc(C#N)c1)c1ccc(Cl)cc1Cl. The van der Waals surface area contributed by atoms with Gasteiger partial charge in [0.15, 0.2) is 0 Å². The highest BCUT2D eigenvalue weighted by Gasteiger charge is 2.09. The van der Waals surface area contributed by atoms with Crippen molar-refractivity contribution in [1.82, 2.24) is 5.32 Å². The Morgan fingerprint density at radius 3 is 2.70 bits per heavy atom. The molecular weight excluding hydrogens is 291 g/mol. The Bertz CT molecular complexity index is 647. The van der Waals surface area contributed by atoms with Gasteiger partial charge in [0.05, 0.1) is 11.6 Å². The van der Waals surface area contributed by atoms with Gasteiger partial charge in [-0.1, -0.05) is 41.4 Å². The molecule has 2 aromatic rings. The van der Waals surface area contributed by atoms with Crippen molar-refractivity contribution in [2.45, 2.75) is 19.5 Å². The van der Waals surface area contributed by atoms with Gasteiger partial charge in [0.1, 0.15) is 0 Å². The molecule has 0 amide bonds. The molecule has 0 aliphatic heterocycles. The van der Waals surface area contributed by atoms with Gasteiger partial charge in [0.2, 0.25) is 0 Å². The molecule has 0 spiro atoms. The Balaban J connectivity index is 2.04. The molecule has 2 aromatic carbocycles. The van der Waals surface area contributed by atoms with Crippen molar-refractivity contribution in [1.29, 1.82) is 5.26 Å². The Kier molecular flexibility index (Phi) is 5.03. The van der Waals surface area contributed by atoms with E-state index in [0.29, 0.717) is 22.2 Å². The summed E-state index contributed by atoms with van der Waals surface area (Å²) < 4.78 is 0. The zero-order valence-corrected chi connectivity index (χ0v) is 12.5. The molecule has 0 heterocycles. The predicted molar refractivity (Wildman–Crippen MR) is 82.9 cm³/mol. The summed E-state index contributed by atoms with van der Waals surface area (Å²) in [5, 5.41) is 13.6. The molecule has 0 bridgehead atoms. The monoisotopic (exact) mass is 304 g/mol. The van der Waals surface area contributed by atoms with Gasteiger partial charge in [-0.3, -0.25) is 0 Å². The van der Waals surface area contributed by atoms with E-state index < -0.39 is 0 Å². The summed E-state index contributed by atoms with van der Waals surface area (Å²) >= 11 is 12.1. The first kappa shape index (κ1) is 14.9. The van der Waals surface area contributed by atoms with Crippen molar-refractivity contribution < 1.29 is 0 Å². The van der Waals surface area contributed by atoms with Gasteiger partial charge in [-0.25, -0.2) is 0 Å². The molecule has 2 rings (SSSR count). The lowest BCUT2D eigenvalue weighted by molar-refractivity contribution is 0.575. The van der Waals surface area contributed by atoms with Gasteiger partial charge in [-0.2, -0.15) is 5.26 Å². The number of nitrogens with zero attached hydrogens (tertiary/aromatic N) is 1. The zero-order chi connectivity index (χ0) is 14.5. The molecule has 0 aliphatic rings. The van der Waals surface area contributed by atoms with Crippen LogP contribution in [0.4, 0.5) is 0 Å². The van der Waals surface area contributed by atoms with Crippen molar-refractivity contribution in [3.05, 3.63) is 69.2 Å². The van der Waals surface area contributed by atoms with Crippen LogP contribution in [-0.4, -0.2) is 0 Å². The minimum Gasteiger partial charge on any atom is -0.306 e. The van der Waals surface area contributed by atoms with E-state index >= 15 is 0 Å².